The summed E-state index contributed by atoms with van der Waals surface area (Å²) in [5, 5.41) is 0. The number of halogens is 1. The molecular formula is C15H25ClN2O3S. The SMILES string of the molecule is COCc1cccc(S(=O)(=O)NC2CCCCC2CN)c1.Cl. The van der Waals surface area contributed by atoms with Gasteiger partial charge in [0.2, 0.25) is 10.0 Å². The molecule has 3 N–H and O–H groups in total. The number of benzene rings is 1. The quantitative estimate of drug-likeness (QED) is 0.824. The average Bonchev–Trinajstić information content (AvgIpc) is 2.48. The number of ether oxygens (including phenoxy) is 1. The van der Waals surface area contributed by atoms with Gasteiger partial charge in [0.15, 0.2) is 0 Å². The minimum Gasteiger partial charge on any atom is -0.380 e. The molecule has 0 heterocycles. The zero-order valence-corrected chi connectivity index (χ0v) is 14.5. The summed E-state index contributed by atoms with van der Waals surface area (Å²) in [5.74, 6) is 0.232. The number of nitrogens with one attached hydrogen (secondary N) is 1. The van der Waals surface area contributed by atoms with Crippen LogP contribution in [0.2, 0.25) is 0 Å². The topological polar surface area (TPSA) is 81.4 Å². The number of methoxy groups -OCH3 is 1. The highest BCUT2D eigenvalue weighted by atomic mass is 35.5. The molecule has 2 unspecified atom stereocenters. The maximum atomic E-state index is 12.5. The summed E-state index contributed by atoms with van der Waals surface area (Å²) in [5.41, 5.74) is 6.61. The van der Waals surface area contributed by atoms with Crippen LogP contribution < -0.4 is 10.5 Å². The fraction of sp³-hybridized carbons (Fsp3) is 0.600. The van der Waals surface area contributed by atoms with E-state index in [-0.39, 0.29) is 24.4 Å². The van der Waals surface area contributed by atoms with E-state index in [0.717, 1.165) is 31.2 Å². The first kappa shape index (κ1) is 19.4. The highest BCUT2D eigenvalue weighted by Crippen LogP contribution is 2.25. The number of rotatable bonds is 6. The Morgan fingerprint density at radius 1 is 1.32 bits per heavy atom. The molecule has 22 heavy (non-hydrogen) atoms. The van der Waals surface area contributed by atoms with E-state index in [4.69, 9.17) is 10.5 Å². The molecule has 0 radical (unpaired) electrons. The van der Waals surface area contributed by atoms with Crippen LogP contribution in [0.3, 0.4) is 0 Å². The van der Waals surface area contributed by atoms with Crippen molar-refractivity contribution in [3.05, 3.63) is 29.8 Å². The molecule has 0 bridgehead atoms. The molecule has 0 saturated heterocycles. The Morgan fingerprint density at radius 2 is 2.05 bits per heavy atom. The molecule has 1 aromatic carbocycles. The molecule has 5 nitrogen and oxygen atoms in total. The molecular weight excluding hydrogens is 324 g/mol. The summed E-state index contributed by atoms with van der Waals surface area (Å²) < 4.78 is 32.9. The van der Waals surface area contributed by atoms with Crippen molar-refractivity contribution >= 4 is 22.4 Å². The van der Waals surface area contributed by atoms with E-state index >= 15 is 0 Å². The molecule has 1 aliphatic rings. The molecule has 0 amide bonds. The highest BCUT2D eigenvalue weighted by Gasteiger charge is 2.28. The molecule has 2 atom stereocenters. The Morgan fingerprint density at radius 3 is 2.73 bits per heavy atom. The predicted octanol–water partition coefficient (Wildman–Crippen LogP) is 2.05. The summed E-state index contributed by atoms with van der Waals surface area (Å²) in [4.78, 5) is 0.290. The Labute approximate surface area is 139 Å². The van der Waals surface area contributed by atoms with Crippen LogP contribution in [-0.4, -0.2) is 28.1 Å². The van der Waals surface area contributed by atoms with Crippen LogP contribution in [0.25, 0.3) is 0 Å². The van der Waals surface area contributed by atoms with E-state index in [1.165, 1.54) is 0 Å². The third kappa shape index (κ3) is 4.93. The van der Waals surface area contributed by atoms with Gasteiger partial charge in [-0.05, 0) is 43.0 Å². The minimum absolute atomic E-state index is 0. The van der Waals surface area contributed by atoms with Gasteiger partial charge >= 0.3 is 0 Å². The van der Waals surface area contributed by atoms with E-state index < -0.39 is 10.0 Å². The van der Waals surface area contributed by atoms with E-state index in [1.54, 1.807) is 25.3 Å². The zero-order chi connectivity index (χ0) is 15.3. The number of nitrogens with two attached hydrogens (primary N) is 1. The van der Waals surface area contributed by atoms with Crippen molar-refractivity contribution in [2.24, 2.45) is 11.7 Å². The summed E-state index contributed by atoms with van der Waals surface area (Å²) in [6.07, 6.45) is 4.03. The molecule has 0 aliphatic heterocycles. The monoisotopic (exact) mass is 348 g/mol. The van der Waals surface area contributed by atoms with Crippen LogP contribution in [0, 0.1) is 5.92 Å². The maximum absolute atomic E-state index is 12.5. The van der Waals surface area contributed by atoms with Crippen LogP contribution in [0.15, 0.2) is 29.2 Å². The normalized spacial score (nSPS) is 22.1. The molecule has 1 aromatic rings. The average molecular weight is 349 g/mol. The first-order valence-electron chi connectivity index (χ1n) is 7.37. The fourth-order valence-corrected chi connectivity index (χ4v) is 4.29. The summed E-state index contributed by atoms with van der Waals surface area (Å²) >= 11 is 0. The zero-order valence-electron chi connectivity index (χ0n) is 12.8. The van der Waals surface area contributed by atoms with Crippen molar-refractivity contribution in [2.75, 3.05) is 13.7 Å². The summed E-state index contributed by atoms with van der Waals surface area (Å²) in [6.45, 7) is 0.926. The lowest BCUT2D eigenvalue weighted by molar-refractivity contribution is 0.184. The Bertz CT molecular complexity index is 566. The van der Waals surface area contributed by atoms with Crippen molar-refractivity contribution in [3.63, 3.8) is 0 Å². The van der Waals surface area contributed by atoms with Gasteiger partial charge in [-0.3, -0.25) is 0 Å². The predicted molar refractivity (Wildman–Crippen MR) is 89.5 cm³/mol. The smallest absolute Gasteiger partial charge is 0.240 e. The van der Waals surface area contributed by atoms with Gasteiger partial charge in [0.25, 0.3) is 0 Å². The lowest BCUT2D eigenvalue weighted by Crippen LogP contribution is -2.44. The standard InChI is InChI=1S/C15H24N2O3S.ClH/c1-20-11-12-5-4-7-14(9-12)21(18,19)17-15-8-3-2-6-13(15)10-16;/h4-5,7,9,13,15,17H,2-3,6,8,10-11,16H2,1H3;1H. The minimum atomic E-state index is -3.50. The molecule has 1 fully saturated rings. The van der Waals surface area contributed by atoms with E-state index in [2.05, 4.69) is 4.72 Å². The van der Waals surface area contributed by atoms with Gasteiger partial charge in [0.05, 0.1) is 11.5 Å². The van der Waals surface area contributed by atoms with Gasteiger partial charge in [0, 0.05) is 13.2 Å². The lowest BCUT2D eigenvalue weighted by atomic mass is 9.85. The molecule has 2 rings (SSSR count). The number of sulfonamides is 1. The molecule has 1 aliphatic carbocycles. The first-order valence-corrected chi connectivity index (χ1v) is 8.85. The van der Waals surface area contributed by atoms with Gasteiger partial charge in [-0.25, -0.2) is 13.1 Å². The van der Waals surface area contributed by atoms with Crippen molar-refractivity contribution < 1.29 is 13.2 Å². The van der Waals surface area contributed by atoms with Gasteiger partial charge in [-0.1, -0.05) is 25.0 Å². The maximum Gasteiger partial charge on any atom is 0.240 e. The number of hydrogen-bond donors (Lipinski definition) is 2. The molecule has 0 spiro atoms. The molecule has 126 valence electrons. The second-order valence-electron chi connectivity index (χ2n) is 5.59. The Hall–Kier alpha value is -0.660. The summed E-state index contributed by atoms with van der Waals surface area (Å²) in [7, 11) is -1.91. The van der Waals surface area contributed by atoms with E-state index in [1.807, 2.05) is 6.07 Å². The second-order valence-corrected chi connectivity index (χ2v) is 7.30. The van der Waals surface area contributed by atoms with Crippen molar-refractivity contribution in [2.45, 2.75) is 43.2 Å². The van der Waals surface area contributed by atoms with Crippen molar-refractivity contribution in [1.82, 2.24) is 4.72 Å². The van der Waals surface area contributed by atoms with Crippen LogP contribution in [0.4, 0.5) is 0 Å². The third-order valence-electron chi connectivity index (χ3n) is 4.04. The van der Waals surface area contributed by atoms with Crippen LogP contribution in [0.1, 0.15) is 31.2 Å². The Balaban J connectivity index is 0.00000242. The van der Waals surface area contributed by atoms with Crippen molar-refractivity contribution in [1.29, 1.82) is 0 Å². The van der Waals surface area contributed by atoms with Crippen LogP contribution >= 0.6 is 12.4 Å². The van der Waals surface area contributed by atoms with Gasteiger partial charge < -0.3 is 10.5 Å². The second kappa shape index (κ2) is 8.84. The first-order chi connectivity index (χ1) is 10.1. The van der Waals surface area contributed by atoms with Crippen LogP contribution in [-0.2, 0) is 21.4 Å². The van der Waals surface area contributed by atoms with Gasteiger partial charge in [-0.2, -0.15) is 0 Å². The highest BCUT2D eigenvalue weighted by molar-refractivity contribution is 7.89. The molecule has 1 saturated carbocycles. The number of hydrogen-bond acceptors (Lipinski definition) is 4. The largest absolute Gasteiger partial charge is 0.380 e. The molecule has 7 heteroatoms. The molecule has 0 aromatic heterocycles. The lowest BCUT2D eigenvalue weighted by Gasteiger charge is -2.31. The third-order valence-corrected chi connectivity index (χ3v) is 5.53. The van der Waals surface area contributed by atoms with E-state index in [0.29, 0.717) is 18.0 Å². The van der Waals surface area contributed by atoms with Gasteiger partial charge in [0.1, 0.15) is 0 Å². The van der Waals surface area contributed by atoms with Crippen molar-refractivity contribution in [3.8, 4) is 0 Å². The van der Waals surface area contributed by atoms with Crippen LogP contribution in [0.5, 0.6) is 0 Å². The van der Waals surface area contributed by atoms with E-state index in [9.17, 15) is 8.42 Å². The van der Waals surface area contributed by atoms with Gasteiger partial charge in [-0.15, -0.1) is 12.4 Å². The Kier molecular flexibility index (Phi) is 7.79. The summed E-state index contributed by atoms with van der Waals surface area (Å²) in [6, 6.07) is 6.81. The fourth-order valence-electron chi connectivity index (χ4n) is 2.88.